The van der Waals surface area contributed by atoms with Crippen molar-refractivity contribution in [2.75, 3.05) is 13.1 Å². The molecule has 0 aromatic carbocycles. The largest absolute Gasteiger partial charge is 0.374 e. The summed E-state index contributed by atoms with van der Waals surface area (Å²) in [6, 6.07) is 0. The van der Waals surface area contributed by atoms with Gasteiger partial charge >= 0.3 is 0 Å². The van der Waals surface area contributed by atoms with E-state index in [4.69, 9.17) is 10.2 Å². The summed E-state index contributed by atoms with van der Waals surface area (Å²) in [5.74, 6) is 0. The third kappa shape index (κ3) is 1.16. The highest BCUT2D eigenvalue weighted by Gasteiger charge is 2.17. The van der Waals surface area contributed by atoms with Crippen LogP contribution in [0.1, 0.15) is 0 Å². The Balaban J connectivity index is 2.28. The van der Waals surface area contributed by atoms with Gasteiger partial charge in [-0.1, -0.05) is 0 Å². The first-order valence-corrected chi connectivity index (χ1v) is 2.63. The van der Waals surface area contributed by atoms with Gasteiger partial charge in [-0.25, -0.2) is 0 Å². The SMILES string of the molecule is OC1NCCNC1O. The fraction of sp³-hybridized carbons (Fsp3) is 1.00. The lowest BCUT2D eigenvalue weighted by Gasteiger charge is -2.25. The molecule has 4 heteroatoms. The van der Waals surface area contributed by atoms with Crippen molar-refractivity contribution in [1.29, 1.82) is 0 Å². The van der Waals surface area contributed by atoms with Gasteiger partial charge in [0, 0.05) is 13.1 Å². The molecule has 0 aliphatic carbocycles. The topological polar surface area (TPSA) is 64.5 Å². The second-order valence-corrected chi connectivity index (χ2v) is 1.80. The van der Waals surface area contributed by atoms with Crippen molar-refractivity contribution in [2.45, 2.75) is 12.5 Å². The first kappa shape index (κ1) is 5.97. The number of nitrogens with one attached hydrogen (secondary N) is 2. The molecule has 1 fully saturated rings. The number of rotatable bonds is 0. The fourth-order valence-corrected chi connectivity index (χ4v) is 0.663. The van der Waals surface area contributed by atoms with E-state index in [9.17, 15) is 0 Å². The van der Waals surface area contributed by atoms with E-state index in [1.807, 2.05) is 0 Å². The Morgan fingerprint density at radius 1 is 1.00 bits per heavy atom. The van der Waals surface area contributed by atoms with Crippen molar-refractivity contribution in [3.63, 3.8) is 0 Å². The molecular weight excluding hydrogens is 108 g/mol. The van der Waals surface area contributed by atoms with Gasteiger partial charge in [-0.05, 0) is 0 Å². The molecule has 4 N–H and O–H groups in total. The zero-order valence-electron chi connectivity index (χ0n) is 4.46. The summed E-state index contributed by atoms with van der Waals surface area (Å²) in [5, 5.41) is 22.9. The van der Waals surface area contributed by atoms with Gasteiger partial charge in [0.05, 0.1) is 0 Å². The van der Waals surface area contributed by atoms with E-state index in [0.717, 1.165) is 0 Å². The lowest BCUT2D eigenvalue weighted by atomic mass is 10.4. The minimum absolute atomic E-state index is 0.707. The molecule has 1 heterocycles. The molecule has 0 aromatic rings. The number of piperazine rings is 1. The Labute approximate surface area is 47.5 Å². The van der Waals surface area contributed by atoms with Crippen LogP contribution in [0.2, 0.25) is 0 Å². The smallest absolute Gasteiger partial charge is 0.144 e. The van der Waals surface area contributed by atoms with Crippen LogP contribution in [0.15, 0.2) is 0 Å². The van der Waals surface area contributed by atoms with E-state index in [0.29, 0.717) is 13.1 Å². The molecular formula is C4H10N2O2. The van der Waals surface area contributed by atoms with Gasteiger partial charge in [0.15, 0.2) is 0 Å². The first-order chi connectivity index (χ1) is 3.80. The van der Waals surface area contributed by atoms with Crippen LogP contribution in [-0.2, 0) is 0 Å². The van der Waals surface area contributed by atoms with Crippen LogP contribution in [0.5, 0.6) is 0 Å². The summed E-state index contributed by atoms with van der Waals surface area (Å²) in [7, 11) is 0. The molecule has 8 heavy (non-hydrogen) atoms. The van der Waals surface area contributed by atoms with Gasteiger partial charge in [0.1, 0.15) is 12.5 Å². The van der Waals surface area contributed by atoms with Gasteiger partial charge in [-0.15, -0.1) is 0 Å². The number of hydrogen-bond donors (Lipinski definition) is 4. The summed E-state index contributed by atoms with van der Waals surface area (Å²) in [6.45, 7) is 1.41. The van der Waals surface area contributed by atoms with E-state index in [1.54, 1.807) is 0 Å². The van der Waals surface area contributed by atoms with Crippen molar-refractivity contribution in [2.24, 2.45) is 0 Å². The predicted molar refractivity (Wildman–Crippen MR) is 28.0 cm³/mol. The molecule has 0 amide bonds. The van der Waals surface area contributed by atoms with Crippen molar-refractivity contribution < 1.29 is 10.2 Å². The van der Waals surface area contributed by atoms with Crippen LogP contribution >= 0.6 is 0 Å². The molecule has 0 aromatic heterocycles. The van der Waals surface area contributed by atoms with Crippen LogP contribution in [0.4, 0.5) is 0 Å². The molecule has 0 bridgehead atoms. The van der Waals surface area contributed by atoms with Crippen LogP contribution in [0, 0.1) is 0 Å². The predicted octanol–water partition coefficient (Wildman–Crippen LogP) is -2.18. The van der Waals surface area contributed by atoms with Crippen molar-refractivity contribution in [3.05, 3.63) is 0 Å². The molecule has 2 atom stereocenters. The van der Waals surface area contributed by atoms with E-state index < -0.39 is 12.5 Å². The van der Waals surface area contributed by atoms with Crippen molar-refractivity contribution in [1.82, 2.24) is 10.6 Å². The van der Waals surface area contributed by atoms with Crippen molar-refractivity contribution >= 4 is 0 Å². The molecule has 2 unspecified atom stereocenters. The maximum Gasteiger partial charge on any atom is 0.144 e. The summed E-state index contributed by atoms with van der Waals surface area (Å²) in [5.41, 5.74) is 0. The second kappa shape index (κ2) is 2.41. The molecule has 1 saturated heterocycles. The van der Waals surface area contributed by atoms with Gasteiger partial charge in [0.2, 0.25) is 0 Å². The highest BCUT2D eigenvalue weighted by Crippen LogP contribution is 1.87. The molecule has 0 spiro atoms. The third-order valence-electron chi connectivity index (χ3n) is 1.13. The Morgan fingerprint density at radius 3 is 1.62 bits per heavy atom. The second-order valence-electron chi connectivity index (χ2n) is 1.80. The quantitative estimate of drug-likeness (QED) is 0.292. The maximum atomic E-state index is 8.75. The molecule has 0 radical (unpaired) electrons. The highest BCUT2D eigenvalue weighted by atomic mass is 16.4. The Morgan fingerprint density at radius 2 is 1.38 bits per heavy atom. The van der Waals surface area contributed by atoms with Gasteiger partial charge in [-0.3, -0.25) is 10.6 Å². The van der Waals surface area contributed by atoms with E-state index in [1.165, 1.54) is 0 Å². The Kier molecular flexibility index (Phi) is 1.80. The van der Waals surface area contributed by atoms with Crippen LogP contribution < -0.4 is 10.6 Å². The van der Waals surface area contributed by atoms with Gasteiger partial charge in [-0.2, -0.15) is 0 Å². The monoisotopic (exact) mass is 118 g/mol. The summed E-state index contributed by atoms with van der Waals surface area (Å²) in [4.78, 5) is 0. The normalized spacial score (nSPS) is 39.8. The third-order valence-corrected chi connectivity index (χ3v) is 1.13. The first-order valence-electron chi connectivity index (χ1n) is 2.63. The minimum Gasteiger partial charge on any atom is -0.374 e. The summed E-state index contributed by atoms with van der Waals surface area (Å²) in [6.07, 6.45) is -1.60. The average molecular weight is 118 g/mol. The lowest BCUT2D eigenvalue weighted by Crippen LogP contribution is -2.55. The van der Waals surface area contributed by atoms with Crippen LogP contribution in [-0.4, -0.2) is 35.8 Å². The Hall–Kier alpha value is -0.160. The van der Waals surface area contributed by atoms with Crippen LogP contribution in [0.25, 0.3) is 0 Å². The lowest BCUT2D eigenvalue weighted by molar-refractivity contribution is -0.0360. The molecule has 1 aliphatic heterocycles. The zero-order valence-corrected chi connectivity index (χ0v) is 4.46. The summed E-state index contributed by atoms with van der Waals surface area (Å²) < 4.78 is 0. The van der Waals surface area contributed by atoms with E-state index >= 15 is 0 Å². The molecule has 0 saturated carbocycles. The maximum absolute atomic E-state index is 8.75. The number of hydrogen-bond acceptors (Lipinski definition) is 4. The summed E-state index contributed by atoms with van der Waals surface area (Å²) >= 11 is 0. The number of aliphatic hydroxyl groups is 2. The van der Waals surface area contributed by atoms with Crippen molar-refractivity contribution in [3.8, 4) is 0 Å². The van der Waals surface area contributed by atoms with Gasteiger partial charge < -0.3 is 10.2 Å². The standard InChI is InChI=1S/C4H10N2O2/c7-3-4(8)6-2-1-5-3/h3-8H,1-2H2. The fourth-order valence-electron chi connectivity index (χ4n) is 0.663. The molecule has 1 aliphatic rings. The zero-order chi connectivity index (χ0) is 5.98. The van der Waals surface area contributed by atoms with E-state index in [-0.39, 0.29) is 0 Å². The highest BCUT2D eigenvalue weighted by molar-refractivity contribution is 4.69. The minimum atomic E-state index is -0.802. The van der Waals surface area contributed by atoms with Gasteiger partial charge in [0.25, 0.3) is 0 Å². The molecule has 48 valence electrons. The average Bonchev–Trinajstić information content (AvgIpc) is 1.77. The van der Waals surface area contributed by atoms with Crippen LogP contribution in [0.3, 0.4) is 0 Å². The Bertz CT molecular complexity index is 68.4. The molecule has 4 nitrogen and oxygen atoms in total. The molecule has 1 rings (SSSR count). The number of aliphatic hydroxyl groups excluding tert-OH is 2. The van der Waals surface area contributed by atoms with E-state index in [2.05, 4.69) is 10.6 Å².